The lowest BCUT2D eigenvalue weighted by Gasteiger charge is -2.04. The first-order chi connectivity index (χ1) is 7.52. The van der Waals surface area contributed by atoms with Gasteiger partial charge < -0.3 is 10.4 Å². The topological polar surface area (TPSA) is 67.2 Å². The molecule has 1 rings (SSSR count). The van der Waals surface area contributed by atoms with Crippen molar-refractivity contribution in [1.82, 2.24) is 15.1 Å². The zero-order chi connectivity index (χ0) is 12.1. The van der Waals surface area contributed by atoms with Crippen LogP contribution in [0.25, 0.3) is 0 Å². The first-order valence-corrected chi connectivity index (χ1v) is 5.44. The number of aryl methyl sites for hydroxylation is 2. The zero-order valence-corrected chi connectivity index (χ0v) is 10.1. The summed E-state index contributed by atoms with van der Waals surface area (Å²) in [5.74, 6) is -0.740. The largest absolute Gasteiger partial charge is 0.481 e. The minimum absolute atomic E-state index is 0.220. The maximum Gasteiger partial charge on any atom is 0.303 e. The first-order valence-electron chi connectivity index (χ1n) is 5.44. The van der Waals surface area contributed by atoms with Crippen LogP contribution in [-0.2, 0) is 18.4 Å². The van der Waals surface area contributed by atoms with Gasteiger partial charge in [0.2, 0.25) is 0 Å². The summed E-state index contributed by atoms with van der Waals surface area (Å²) in [5.41, 5.74) is 3.40. The van der Waals surface area contributed by atoms with E-state index >= 15 is 0 Å². The normalized spacial score (nSPS) is 10.7. The third-order valence-corrected chi connectivity index (χ3v) is 2.70. The highest BCUT2D eigenvalue weighted by molar-refractivity contribution is 5.66. The molecule has 0 saturated carbocycles. The smallest absolute Gasteiger partial charge is 0.303 e. The Morgan fingerprint density at radius 2 is 2.19 bits per heavy atom. The molecule has 5 nitrogen and oxygen atoms in total. The second-order valence-corrected chi connectivity index (χ2v) is 3.95. The van der Waals surface area contributed by atoms with Crippen LogP contribution in [0, 0.1) is 13.8 Å². The lowest BCUT2D eigenvalue weighted by atomic mass is 10.2. The number of nitrogens with zero attached hydrogens (tertiary/aromatic N) is 2. The second-order valence-electron chi connectivity index (χ2n) is 3.95. The third kappa shape index (κ3) is 3.34. The molecule has 1 aromatic heterocycles. The van der Waals surface area contributed by atoms with Gasteiger partial charge in [-0.3, -0.25) is 9.48 Å². The highest BCUT2D eigenvalue weighted by Gasteiger charge is 2.08. The molecule has 0 aromatic carbocycles. The molecular formula is C11H19N3O2. The molecule has 16 heavy (non-hydrogen) atoms. The van der Waals surface area contributed by atoms with Gasteiger partial charge in [-0.25, -0.2) is 0 Å². The number of aliphatic carboxylic acids is 1. The molecule has 5 heteroatoms. The average Bonchev–Trinajstić information content (AvgIpc) is 2.43. The Balaban J connectivity index is 2.34. The first kappa shape index (κ1) is 12.7. The van der Waals surface area contributed by atoms with Crippen LogP contribution in [0.15, 0.2) is 0 Å². The molecule has 0 unspecified atom stereocenters. The molecule has 0 saturated heterocycles. The minimum atomic E-state index is -0.740. The molecule has 0 aliphatic heterocycles. The Labute approximate surface area is 95.5 Å². The molecule has 0 atom stereocenters. The molecule has 0 fully saturated rings. The molecule has 0 aliphatic rings. The summed E-state index contributed by atoms with van der Waals surface area (Å²) in [7, 11) is 1.93. The Bertz CT molecular complexity index is 372. The van der Waals surface area contributed by atoms with E-state index in [1.807, 2.05) is 25.6 Å². The van der Waals surface area contributed by atoms with E-state index in [0.717, 1.165) is 24.5 Å². The molecule has 1 heterocycles. The molecule has 0 spiro atoms. The minimum Gasteiger partial charge on any atom is -0.481 e. The maximum absolute atomic E-state index is 10.3. The van der Waals surface area contributed by atoms with Crippen molar-refractivity contribution in [3.8, 4) is 0 Å². The van der Waals surface area contributed by atoms with E-state index in [1.54, 1.807) is 0 Å². The summed E-state index contributed by atoms with van der Waals surface area (Å²) in [4.78, 5) is 10.3. The van der Waals surface area contributed by atoms with E-state index in [4.69, 9.17) is 5.11 Å². The quantitative estimate of drug-likeness (QED) is 0.708. The molecule has 0 radical (unpaired) electrons. The van der Waals surface area contributed by atoms with Crippen molar-refractivity contribution >= 4 is 5.97 Å². The number of aromatic nitrogens is 2. The van der Waals surface area contributed by atoms with E-state index in [9.17, 15) is 4.79 Å². The Morgan fingerprint density at radius 3 is 2.69 bits per heavy atom. The monoisotopic (exact) mass is 225 g/mol. The number of carbonyl (C=O) groups is 1. The molecule has 0 bridgehead atoms. The fourth-order valence-electron chi connectivity index (χ4n) is 1.65. The number of carboxylic acid groups (broad SMARTS) is 1. The van der Waals surface area contributed by atoms with E-state index < -0.39 is 5.97 Å². The van der Waals surface area contributed by atoms with Gasteiger partial charge >= 0.3 is 5.97 Å². The van der Waals surface area contributed by atoms with Gasteiger partial charge in [-0.15, -0.1) is 0 Å². The van der Waals surface area contributed by atoms with E-state index in [2.05, 4.69) is 10.4 Å². The van der Waals surface area contributed by atoms with Crippen molar-refractivity contribution in [2.24, 2.45) is 7.05 Å². The van der Waals surface area contributed by atoms with E-state index in [1.165, 1.54) is 5.56 Å². The summed E-state index contributed by atoms with van der Waals surface area (Å²) in [6.07, 6.45) is 0.881. The molecular weight excluding hydrogens is 206 g/mol. The van der Waals surface area contributed by atoms with Crippen LogP contribution in [0.3, 0.4) is 0 Å². The summed E-state index contributed by atoms with van der Waals surface area (Å²) >= 11 is 0. The van der Waals surface area contributed by atoms with Crippen LogP contribution >= 0.6 is 0 Å². The average molecular weight is 225 g/mol. The molecule has 0 amide bonds. The predicted octanol–water partition coefficient (Wildman–Crippen LogP) is 0.991. The van der Waals surface area contributed by atoms with Crippen molar-refractivity contribution < 1.29 is 9.90 Å². The maximum atomic E-state index is 10.3. The van der Waals surface area contributed by atoms with Crippen LogP contribution in [0.4, 0.5) is 0 Å². The van der Waals surface area contributed by atoms with Gasteiger partial charge in [0.1, 0.15) is 0 Å². The zero-order valence-electron chi connectivity index (χ0n) is 10.1. The molecule has 2 N–H and O–H groups in total. The van der Waals surface area contributed by atoms with E-state index in [-0.39, 0.29) is 6.42 Å². The van der Waals surface area contributed by atoms with Crippen molar-refractivity contribution in [3.63, 3.8) is 0 Å². The summed E-state index contributed by atoms with van der Waals surface area (Å²) < 4.78 is 1.86. The summed E-state index contributed by atoms with van der Waals surface area (Å²) in [6, 6.07) is 0. The van der Waals surface area contributed by atoms with Gasteiger partial charge in [0.15, 0.2) is 0 Å². The van der Waals surface area contributed by atoms with Crippen molar-refractivity contribution in [2.75, 3.05) is 6.54 Å². The van der Waals surface area contributed by atoms with Crippen LogP contribution in [0.1, 0.15) is 29.8 Å². The van der Waals surface area contributed by atoms with Crippen LogP contribution in [0.5, 0.6) is 0 Å². The number of rotatable bonds is 6. The van der Waals surface area contributed by atoms with Gasteiger partial charge in [0.25, 0.3) is 0 Å². The fraction of sp³-hybridized carbons (Fsp3) is 0.636. The number of nitrogens with one attached hydrogen (secondary N) is 1. The number of carboxylic acids is 1. The van der Waals surface area contributed by atoms with Gasteiger partial charge in [-0.2, -0.15) is 5.10 Å². The van der Waals surface area contributed by atoms with Gasteiger partial charge in [-0.05, 0) is 26.8 Å². The Morgan fingerprint density at radius 1 is 1.50 bits per heavy atom. The van der Waals surface area contributed by atoms with Crippen LogP contribution < -0.4 is 5.32 Å². The molecule has 0 aliphatic carbocycles. The van der Waals surface area contributed by atoms with Gasteiger partial charge in [0, 0.05) is 31.3 Å². The third-order valence-electron chi connectivity index (χ3n) is 2.70. The van der Waals surface area contributed by atoms with Crippen LogP contribution in [-0.4, -0.2) is 27.4 Å². The Hall–Kier alpha value is -1.36. The predicted molar refractivity (Wildman–Crippen MR) is 61.3 cm³/mol. The summed E-state index contributed by atoms with van der Waals surface area (Å²) in [6.45, 7) is 5.50. The highest BCUT2D eigenvalue weighted by atomic mass is 16.4. The molecule has 1 aromatic rings. The van der Waals surface area contributed by atoms with Crippen LogP contribution in [0.2, 0.25) is 0 Å². The fourth-order valence-corrected chi connectivity index (χ4v) is 1.65. The van der Waals surface area contributed by atoms with Crippen molar-refractivity contribution in [2.45, 2.75) is 33.2 Å². The SMILES string of the molecule is Cc1nn(C)c(C)c1CNCCCC(=O)O. The standard InChI is InChI=1S/C11H19N3O2/c1-8-10(9(2)14(3)13-8)7-12-6-4-5-11(15)16/h12H,4-7H2,1-3H3,(H,15,16). The van der Waals surface area contributed by atoms with Crippen molar-refractivity contribution in [1.29, 1.82) is 0 Å². The second kappa shape index (κ2) is 5.65. The van der Waals surface area contributed by atoms with Gasteiger partial charge in [-0.1, -0.05) is 0 Å². The number of hydrogen-bond acceptors (Lipinski definition) is 3. The summed E-state index contributed by atoms with van der Waals surface area (Å²) in [5, 5.41) is 16.0. The lowest BCUT2D eigenvalue weighted by molar-refractivity contribution is -0.137. The Kier molecular flexibility index (Phi) is 4.49. The van der Waals surface area contributed by atoms with E-state index in [0.29, 0.717) is 6.42 Å². The van der Waals surface area contributed by atoms with Gasteiger partial charge in [0.05, 0.1) is 5.69 Å². The molecule has 90 valence electrons. The lowest BCUT2D eigenvalue weighted by Crippen LogP contribution is -2.16. The van der Waals surface area contributed by atoms with Crippen molar-refractivity contribution in [3.05, 3.63) is 17.0 Å². The highest BCUT2D eigenvalue weighted by Crippen LogP contribution is 2.10. The number of hydrogen-bond donors (Lipinski definition) is 2.